The van der Waals surface area contributed by atoms with Crippen molar-refractivity contribution >= 4 is 6.09 Å². The van der Waals surface area contributed by atoms with Gasteiger partial charge < -0.3 is 15.4 Å². The van der Waals surface area contributed by atoms with E-state index in [-0.39, 0.29) is 12.1 Å². The molecule has 2 atom stereocenters. The molecule has 0 bridgehead atoms. The number of ether oxygens (including phenoxy) is 1. The molecule has 4 nitrogen and oxygen atoms in total. The molecular weight excluding hydrogens is 204 g/mol. The van der Waals surface area contributed by atoms with Gasteiger partial charge in [0.25, 0.3) is 0 Å². The van der Waals surface area contributed by atoms with Crippen molar-refractivity contribution in [2.45, 2.75) is 52.2 Å². The van der Waals surface area contributed by atoms with Gasteiger partial charge in [-0.05, 0) is 33.1 Å². The Labute approximate surface area is 98.1 Å². The molecule has 0 radical (unpaired) electrons. The van der Waals surface area contributed by atoms with E-state index in [0.29, 0.717) is 12.5 Å². The molecule has 0 aromatic carbocycles. The van der Waals surface area contributed by atoms with Crippen LogP contribution in [0.1, 0.15) is 40.5 Å². The Bertz CT molecular complexity index is 248. The minimum absolute atomic E-state index is 0.210. The summed E-state index contributed by atoms with van der Waals surface area (Å²) in [4.78, 5) is 13.6. The Hall–Kier alpha value is -0.770. The third-order valence-corrected chi connectivity index (χ3v) is 2.97. The predicted molar refractivity (Wildman–Crippen MR) is 64.2 cm³/mol. The van der Waals surface area contributed by atoms with Gasteiger partial charge >= 0.3 is 6.09 Å². The highest BCUT2D eigenvalue weighted by Crippen LogP contribution is 2.20. The smallest absolute Gasteiger partial charge is 0.410 e. The van der Waals surface area contributed by atoms with E-state index in [0.717, 1.165) is 19.4 Å². The first kappa shape index (κ1) is 13.3. The molecule has 0 aromatic rings. The summed E-state index contributed by atoms with van der Waals surface area (Å²) in [7, 11) is 0. The molecule has 0 aromatic heterocycles. The summed E-state index contributed by atoms with van der Waals surface area (Å²) in [5.41, 5.74) is 5.58. The van der Waals surface area contributed by atoms with Gasteiger partial charge in [-0.1, -0.05) is 13.3 Å². The van der Waals surface area contributed by atoms with Crippen LogP contribution in [0.4, 0.5) is 4.79 Å². The first-order valence-corrected chi connectivity index (χ1v) is 6.07. The van der Waals surface area contributed by atoms with Crippen molar-refractivity contribution in [2.24, 2.45) is 11.7 Å². The first-order chi connectivity index (χ1) is 7.33. The molecule has 0 unspecified atom stereocenters. The Kier molecular flexibility index (Phi) is 4.19. The normalized spacial score (nSPS) is 26.7. The second-order valence-electron chi connectivity index (χ2n) is 5.55. The van der Waals surface area contributed by atoms with Gasteiger partial charge in [0.05, 0.1) is 0 Å². The maximum atomic E-state index is 11.8. The van der Waals surface area contributed by atoms with Crippen LogP contribution in [0.2, 0.25) is 0 Å². The molecule has 1 saturated heterocycles. The Morgan fingerprint density at radius 3 is 2.62 bits per heavy atom. The average molecular weight is 228 g/mol. The van der Waals surface area contributed by atoms with Crippen LogP contribution in [0.25, 0.3) is 0 Å². The van der Waals surface area contributed by atoms with Gasteiger partial charge in [0.15, 0.2) is 0 Å². The summed E-state index contributed by atoms with van der Waals surface area (Å²) in [6, 6.07) is 0.226. The molecule has 1 amide bonds. The van der Waals surface area contributed by atoms with Crippen LogP contribution in [0, 0.1) is 5.92 Å². The van der Waals surface area contributed by atoms with Crippen molar-refractivity contribution in [3.05, 3.63) is 0 Å². The van der Waals surface area contributed by atoms with Gasteiger partial charge in [0, 0.05) is 19.1 Å². The van der Waals surface area contributed by atoms with Crippen molar-refractivity contribution < 1.29 is 9.53 Å². The van der Waals surface area contributed by atoms with E-state index in [2.05, 4.69) is 6.92 Å². The van der Waals surface area contributed by atoms with Crippen molar-refractivity contribution in [1.29, 1.82) is 0 Å². The summed E-state index contributed by atoms with van der Waals surface area (Å²) >= 11 is 0. The fourth-order valence-corrected chi connectivity index (χ4v) is 1.97. The van der Waals surface area contributed by atoms with Crippen LogP contribution in [0.15, 0.2) is 0 Å². The highest BCUT2D eigenvalue weighted by Gasteiger charge is 2.30. The number of amides is 1. The monoisotopic (exact) mass is 228 g/mol. The Morgan fingerprint density at radius 2 is 2.12 bits per heavy atom. The lowest BCUT2D eigenvalue weighted by molar-refractivity contribution is 0.0146. The second kappa shape index (κ2) is 5.04. The molecule has 0 spiro atoms. The number of likely N-dealkylation sites (tertiary alicyclic amines) is 1. The van der Waals surface area contributed by atoms with Gasteiger partial charge in [-0.2, -0.15) is 0 Å². The number of carbonyl (C=O) groups excluding carboxylic acids is 1. The molecule has 1 aliphatic rings. The lowest BCUT2D eigenvalue weighted by atomic mass is 9.91. The van der Waals surface area contributed by atoms with Gasteiger partial charge in [-0.25, -0.2) is 4.79 Å². The molecule has 1 heterocycles. The molecule has 16 heavy (non-hydrogen) atoms. The minimum Gasteiger partial charge on any atom is -0.444 e. The van der Waals surface area contributed by atoms with E-state index in [1.54, 1.807) is 4.90 Å². The third kappa shape index (κ3) is 3.67. The van der Waals surface area contributed by atoms with Gasteiger partial charge in [0.2, 0.25) is 0 Å². The number of hydrogen-bond acceptors (Lipinski definition) is 3. The number of hydrogen-bond donors (Lipinski definition) is 1. The number of nitrogens with zero attached hydrogens (tertiary/aromatic N) is 1. The first-order valence-electron chi connectivity index (χ1n) is 6.07. The van der Waals surface area contributed by atoms with Crippen LogP contribution >= 0.6 is 0 Å². The van der Waals surface area contributed by atoms with Gasteiger partial charge in [-0.3, -0.25) is 0 Å². The van der Waals surface area contributed by atoms with E-state index in [1.807, 2.05) is 20.8 Å². The maximum Gasteiger partial charge on any atom is 0.410 e. The maximum absolute atomic E-state index is 11.8. The van der Waals surface area contributed by atoms with E-state index >= 15 is 0 Å². The third-order valence-electron chi connectivity index (χ3n) is 2.97. The fraction of sp³-hybridized carbons (Fsp3) is 0.917. The van der Waals surface area contributed by atoms with Gasteiger partial charge in [-0.15, -0.1) is 0 Å². The average Bonchev–Trinajstić information content (AvgIpc) is 2.15. The van der Waals surface area contributed by atoms with Crippen LogP contribution in [0.3, 0.4) is 0 Å². The summed E-state index contributed by atoms with van der Waals surface area (Å²) in [6.07, 6.45) is 1.68. The zero-order valence-electron chi connectivity index (χ0n) is 10.8. The minimum atomic E-state index is -0.418. The molecule has 1 aliphatic heterocycles. The summed E-state index contributed by atoms with van der Waals surface area (Å²) in [5.74, 6) is 0.404. The highest BCUT2D eigenvalue weighted by atomic mass is 16.6. The zero-order chi connectivity index (χ0) is 12.3. The SMILES string of the molecule is CC[C@H]1CN(C(=O)OC(C)(C)C)CC[C@@H]1N. The predicted octanol–water partition coefficient (Wildman–Crippen LogP) is 1.98. The van der Waals surface area contributed by atoms with E-state index in [1.165, 1.54) is 0 Å². The Morgan fingerprint density at radius 1 is 1.50 bits per heavy atom. The summed E-state index contributed by atoms with van der Waals surface area (Å²) in [5, 5.41) is 0. The fourth-order valence-electron chi connectivity index (χ4n) is 1.97. The molecule has 0 aliphatic carbocycles. The van der Waals surface area contributed by atoms with Crippen molar-refractivity contribution in [3.8, 4) is 0 Å². The molecule has 94 valence electrons. The number of rotatable bonds is 1. The topological polar surface area (TPSA) is 55.6 Å². The van der Waals surface area contributed by atoms with E-state index in [9.17, 15) is 4.79 Å². The van der Waals surface area contributed by atoms with Crippen LogP contribution in [-0.2, 0) is 4.74 Å². The lowest BCUT2D eigenvalue weighted by Gasteiger charge is -2.37. The van der Waals surface area contributed by atoms with Crippen LogP contribution in [-0.4, -0.2) is 35.7 Å². The zero-order valence-corrected chi connectivity index (χ0v) is 10.8. The number of nitrogens with two attached hydrogens (primary N) is 1. The van der Waals surface area contributed by atoms with Crippen LogP contribution in [0.5, 0.6) is 0 Å². The van der Waals surface area contributed by atoms with E-state index in [4.69, 9.17) is 10.5 Å². The standard InChI is InChI=1S/C12H24N2O2/c1-5-9-8-14(7-6-10(9)13)11(15)16-12(2,3)4/h9-10H,5-8,13H2,1-4H3/t9-,10-/m0/s1. The summed E-state index contributed by atoms with van der Waals surface area (Å²) in [6.45, 7) is 9.22. The van der Waals surface area contributed by atoms with Gasteiger partial charge in [0.1, 0.15) is 5.60 Å². The Balaban J connectivity index is 2.52. The van der Waals surface area contributed by atoms with Crippen molar-refractivity contribution in [2.75, 3.05) is 13.1 Å². The van der Waals surface area contributed by atoms with Crippen molar-refractivity contribution in [3.63, 3.8) is 0 Å². The molecular formula is C12H24N2O2. The molecule has 2 N–H and O–H groups in total. The largest absolute Gasteiger partial charge is 0.444 e. The second-order valence-corrected chi connectivity index (χ2v) is 5.55. The lowest BCUT2D eigenvalue weighted by Crippen LogP contribution is -2.50. The number of piperidine rings is 1. The molecule has 1 fully saturated rings. The highest BCUT2D eigenvalue weighted by molar-refractivity contribution is 5.68. The summed E-state index contributed by atoms with van der Waals surface area (Å²) < 4.78 is 5.35. The number of carbonyl (C=O) groups is 1. The van der Waals surface area contributed by atoms with Crippen LogP contribution < -0.4 is 5.73 Å². The van der Waals surface area contributed by atoms with E-state index < -0.39 is 5.60 Å². The molecule has 0 saturated carbocycles. The van der Waals surface area contributed by atoms with Crippen molar-refractivity contribution in [1.82, 2.24) is 4.90 Å². The quantitative estimate of drug-likeness (QED) is 0.746. The molecule has 1 rings (SSSR count). The molecule has 4 heteroatoms.